The zero-order chi connectivity index (χ0) is 17.5. The van der Waals surface area contributed by atoms with E-state index in [1.54, 1.807) is 25.3 Å². The SMILES string of the molecule is CCN(CC)CCCC(C)NS(=O)(=O)c1ccc(OC)c(Br)c1. The van der Waals surface area contributed by atoms with Crippen LogP contribution in [0.25, 0.3) is 0 Å². The molecule has 0 aliphatic carbocycles. The van der Waals surface area contributed by atoms with E-state index in [2.05, 4.69) is 39.4 Å². The Morgan fingerprint density at radius 1 is 1.30 bits per heavy atom. The summed E-state index contributed by atoms with van der Waals surface area (Å²) in [6.07, 6.45) is 1.78. The summed E-state index contributed by atoms with van der Waals surface area (Å²) in [4.78, 5) is 2.57. The molecule has 0 spiro atoms. The Labute approximate surface area is 148 Å². The van der Waals surface area contributed by atoms with Crippen LogP contribution in [-0.2, 0) is 10.0 Å². The van der Waals surface area contributed by atoms with E-state index in [4.69, 9.17) is 4.74 Å². The van der Waals surface area contributed by atoms with Crippen LogP contribution in [0.1, 0.15) is 33.6 Å². The van der Waals surface area contributed by atoms with Crippen LogP contribution >= 0.6 is 15.9 Å². The lowest BCUT2D eigenvalue weighted by Crippen LogP contribution is -2.33. The summed E-state index contributed by atoms with van der Waals surface area (Å²) in [6, 6.07) is 4.65. The molecule has 132 valence electrons. The van der Waals surface area contributed by atoms with Crippen molar-refractivity contribution in [2.75, 3.05) is 26.7 Å². The van der Waals surface area contributed by atoms with Gasteiger partial charge in [-0.25, -0.2) is 13.1 Å². The van der Waals surface area contributed by atoms with Crippen molar-refractivity contribution < 1.29 is 13.2 Å². The number of rotatable bonds is 10. The molecule has 1 aromatic rings. The predicted octanol–water partition coefficient (Wildman–Crippen LogP) is 3.25. The molecule has 1 N–H and O–H groups in total. The molecule has 5 nitrogen and oxygen atoms in total. The van der Waals surface area contributed by atoms with E-state index in [0.29, 0.717) is 10.2 Å². The number of sulfonamides is 1. The number of nitrogens with one attached hydrogen (secondary N) is 1. The fourth-order valence-electron chi connectivity index (χ4n) is 2.37. The van der Waals surface area contributed by atoms with Crippen molar-refractivity contribution in [3.63, 3.8) is 0 Å². The Kier molecular flexibility index (Phi) is 8.53. The van der Waals surface area contributed by atoms with Gasteiger partial charge < -0.3 is 9.64 Å². The van der Waals surface area contributed by atoms with Gasteiger partial charge in [0.15, 0.2) is 0 Å². The van der Waals surface area contributed by atoms with Gasteiger partial charge in [-0.3, -0.25) is 0 Å². The molecule has 0 radical (unpaired) electrons. The van der Waals surface area contributed by atoms with E-state index in [0.717, 1.165) is 32.5 Å². The Morgan fingerprint density at radius 3 is 2.48 bits per heavy atom. The normalized spacial score (nSPS) is 13.3. The Hall–Kier alpha value is -0.630. The molecule has 1 rings (SSSR count). The maximum absolute atomic E-state index is 12.4. The van der Waals surface area contributed by atoms with Crippen molar-refractivity contribution >= 4 is 26.0 Å². The molecule has 0 aromatic heterocycles. The Morgan fingerprint density at radius 2 is 1.96 bits per heavy atom. The zero-order valence-electron chi connectivity index (χ0n) is 14.3. The lowest BCUT2D eigenvalue weighted by atomic mass is 10.2. The quantitative estimate of drug-likeness (QED) is 0.647. The molecule has 0 fully saturated rings. The summed E-state index contributed by atoms with van der Waals surface area (Å²) in [7, 11) is -1.97. The second-order valence-corrected chi connectivity index (χ2v) is 8.06. The summed E-state index contributed by atoms with van der Waals surface area (Å²) >= 11 is 3.32. The third-order valence-corrected chi connectivity index (χ3v) is 6.00. The second-order valence-electron chi connectivity index (χ2n) is 5.49. The summed E-state index contributed by atoms with van der Waals surface area (Å²) in [5.41, 5.74) is 0. The molecule has 0 saturated heterocycles. The monoisotopic (exact) mass is 406 g/mol. The minimum Gasteiger partial charge on any atom is -0.496 e. The average molecular weight is 407 g/mol. The van der Waals surface area contributed by atoms with Gasteiger partial charge in [0.25, 0.3) is 0 Å². The number of methoxy groups -OCH3 is 1. The summed E-state index contributed by atoms with van der Waals surface area (Å²) in [6.45, 7) is 9.22. The van der Waals surface area contributed by atoms with Crippen LogP contribution in [0.4, 0.5) is 0 Å². The van der Waals surface area contributed by atoms with Crippen molar-refractivity contribution in [3.8, 4) is 5.75 Å². The standard InChI is InChI=1S/C16H27BrN2O3S/c1-5-19(6-2)11-7-8-13(3)18-23(20,21)14-9-10-16(22-4)15(17)12-14/h9-10,12-13,18H,5-8,11H2,1-4H3. The van der Waals surface area contributed by atoms with E-state index in [1.165, 1.54) is 0 Å². The highest BCUT2D eigenvalue weighted by Crippen LogP contribution is 2.27. The van der Waals surface area contributed by atoms with E-state index in [-0.39, 0.29) is 10.9 Å². The Balaban J connectivity index is 2.62. The first-order valence-corrected chi connectivity index (χ1v) is 10.2. The first kappa shape index (κ1) is 20.4. The highest BCUT2D eigenvalue weighted by atomic mass is 79.9. The first-order chi connectivity index (χ1) is 10.8. The van der Waals surface area contributed by atoms with E-state index < -0.39 is 10.0 Å². The third-order valence-electron chi connectivity index (χ3n) is 3.80. The molecule has 1 unspecified atom stereocenters. The van der Waals surface area contributed by atoms with Crippen molar-refractivity contribution in [1.82, 2.24) is 9.62 Å². The minimum absolute atomic E-state index is 0.101. The van der Waals surface area contributed by atoms with Gasteiger partial charge in [-0.1, -0.05) is 13.8 Å². The second kappa shape index (κ2) is 9.61. The van der Waals surface area contributed by atoms with E-state index in [9.17, 15) is 8.42 Å². The fourth-order valence-corrected chi connectivity index (χ4v) is 4.36. The molecule has 0 aliphatic rings. The maximum atomic E-state index is 12.4. The van der Waals surface area contributed by atoms with Crippen LogP contribution in [0.5, 0.6) is 5.75 Å². The fraction of sp³-hybridized carbons (Fsp3) is 0.625. The van der Waals surface area contributed by atoms with Crippen LogP contribution < -0.4 is 9.46 Å². The van der Waals surface area contributed by atoms with Crippen LogP contribution in [-0.4, -0.2) is 46.1 Å². The molecule has 1 atom stereocenters. The van der Waals surface area contributed by atoms with Gasteiger partial charge in [0, 0.05) is 6.04 Å². The summed E-state index contributed by atoms with van der Waals surface area (Å²) < 4.78 is 33.3. The average Bonchev–Trinajstić information content (AvgIpc) is 2.51. The van der Waals surface area contributed by atoms with Crippen LogP contribution in [0.15, 0.2) is 27.6 Å². The number of nitrogens with zero attached hydrogens (tertiary/aromatic N) is 1. The number of hydrogen-bond acceptors (Lipinski definition) is 4. The van der Waals surface area contributed by atoms with Gasteiger partial charge in [-0.05, 0) is 73.5 Å². The smallest absolute Gasteiger partial charge is 0.240 e. The number of benzene rings is 1. The van der Waals surface area contributed by atoms with Gasteiger partial charge in [-0.15, -0.1) is 0 Å². The van der Waals surface area contributed by atoms with Gasteiger partial charge in [0.1, 0.15) is 5.75 Å². The summed E-state index contributed by atoms with van der Waals surface area (Å²) in [5.74, 6) is 0.608. The first-order valence-electron chi connectivity index (χ1n) is 7.92. The Bertz CT molecular complexity index is 589. The maximum Gasteiger partial charge on any atom is 0.240 e. The van der Waals surface area contributed by atoms with Crippen LogP contribution in [0, 0.1) is 0 Å². The molecule has 0 bridgehead atoms. The molecule has 0 amide bonds. The van der Waals surface area contributed by atoms with Crippen molar-refractivity contribution in [1.29, 1.82) is 0 Å². The number of hydrogen-bond donors (Lipinski definition) is 1. The van der Waals surface area contributed by atoms with Crippen LogP contribution in [0.3, 0.4) is 0 Å². The lowest BCUT2D eigenvalue weighted by Gasteiger charge is -2.20. The van der Waals surface area contributed by atoms with Gasteiger partial charge in [-0.2, -0.15) is 0 Å². The van der Waals surface area contributed by atoms with Gasteiger partial charge >= 0.3 is 0 Å². The molecular formula is C16H27BrN2O3S. The number of halogens is 1. The topological polar surface area (TPSA) is 58.6 Å². The lowest BCUT2D eigenvalue weighted by molar-refractivity contribution is 0.293. The molecular weight excluding hydrogens is 380 g/mol. The highest BCUT2D eigenvalue weighted by molar-refractivity contribution is 9.10. The predicted molar refractivity (Wildman–Crippen MR) is 97.5 cm³/mol. The minimum atomic E-state index is -3.52. The third kappa shape index (κ3) is 6.41. The number of ether oxygens (including phenoxy) is 1. The molecule has 0 saturated carbocycles. The van der Waals surface area contributed by atoms with Crippen molar-refractivity contribution in [3.05, 3.63) is 22.7 Å². The molecule has 1 aromatic carbocycles. The van der Waals surface area contributed by atoms with Crippen molar-refractivity contribution in [2.24, 2.45) is 0 Å². The van der Waals surface area contributed by atoms with Gasteiger partial charge in [0.2, 0.25) is 10.0 Å². The largest absolute Gasteiger partial charge is 0.496 e. The van der Waals surface area contributed by atoms with E-state index in [1.807, 2.05) is 6.92 Å². The van der Waals surface area contributed by atoms with Gasteiger partial charge in [0.05, 0.1) is 16.5 Å². The molecule has 23 heavy (non-hydrogen) atoms. The van der Waals surface area contributed by atoms with Crippen LogP contribution in [0.2, 0.25) is 0 Å². The molecule has 7 heteroatoms. The molecule has 0 aliphatic heterocycles. The highest BCUT2D eigenvalue weighted by Gasteiger charge is 2.18. The summed E-state index contributed by atoms with van der Waals surface area (Å²) in [5, 5.41) is 0. The molecule has 0 heterocycles. The zero-order valence-corrected chi connectivity index (χ0v) is 16.7. The van der Waals surface area contributed by atoms with Crippen molar-refractivity contribution in [2.45, 2.75) is 44.6 Å². The van der Waals surface area contributed by atoms with E-state index >= 15 is 0 Å².